The molecule has 2 fully saturated rings. The van der Waals surface area contributed by atoms with Gasteiger partial charge in [0.25, 0.3) is 0 Å². The number of likely N-dealkylation sites (tertiary alicyclic amines) is 1. The number of methoxy groups -OCH3 is 1. The lowest BCUT2D eigenvalue weighted by Crippen LogP contribution is -2.47. The van der Waals surface area contributed by atoms with E-state index in [0.717, 1.165) is 31.2 Å². The molecule has 3 nitrogen and oxygen atoms in total. The van der Waals surface area contributed by atoms with Crippen LogP contribution >= 0.6 is 0 Å². The van der Waals surface area contributed by atoms with Crippen molar-refractivity contribution in [1.82, 2.24) is 4.90 Å². The lowest BCUT2D eigenvalue weighted by atomic mass is 9.85. The molecule has 3 rings (SSSR count). The fraction of sp³-hybridized carbons (Fsp3) is 0.684. The number of piperidine rings is 1. The highest BCUT2D eigenvalue weighted by atomic mass is 16.5. The van der Waals surface area contributed by atoms with Crippen LogP contribution in [0.1, 0.15) is 50.0 Å². The minimum absolute atomic E-state index is 0.300. The van der Waals surface area contributed by atoms with Gasteiger partial charge in [-0.25, -0.2) is 0 Å². The molecular formula is C19H30N2O. The summed E-state index contributed by atoms with van der Waals surface area (Å²) in [6.45, 7) is 3.46. The van der Waals surface area contributed by atoms with Crippen molar-refractivity contribution >= 4 is 0 Å². The molecule has 2 unspecified atom stereocenters. The van der Waals surface area contributed by atoms with Gasteiger partial charge in [-0.15, -0.1) is 0 Å². The second-order valence-electron chi connectivity index (χ2n) is 7.19. The highest BCUT2D eigenvalue weighted by Crippen LogP contribution is 2.31. The Morgan fingerprint density at radius 2 is 2.00 bits per heavy atom. The summed E-state index contributed by atoms with van der Waals surface area (Å²) in [4.78, 5) is 2.62. The van der Waals surface area contributed by atoms with Gasteiger partial charge in [0, 0.05) is 25.7 Å². The lowest BCUT2D eigenvalue weighted by Gasteiger charge is -2.39. The molecule has 0 radical (unpaired) electrons. The Balaban J connectivity index is 1.64. The van der Waals surface area contributed by atoms with Crippen molar-refractivity contribution in [2.75, 3.05) is 26.7 Å². The van der Waals surface area contributed by atoms with Crippen LogP contribution in [0.15, 0.2) is 24.3 Å². The zero-order valence-electron chi connectivity index (χ0n) is 13.8. The molecule has 1 aromatic rings. The third-order valence-electron chi connectivity index (χ3n) is 5.36. The Hall–Kier alpha value is -1.06. The van der Waals surface area contributed by atoms with E-state index < -0.39 is 0 Å². The second-order valence-corrected chi connectivity index (χ2v) is 7.19. The van der Waals surface area contributed by atoms with Gasteiger partial charge in [-0.3, -0.25) is 0 Å². The molecule has 0 amide bonds. The Morgan fingerprint density at radius 1 is 1.18 bits per heavy atom. The molecule has 1 heterocycles. The van der Waals surface area contributed by atoms with Crippen LogP contribution in [-0.2, 0) is 0 Å². The highest BCUT2D eigenvalue weighted by molar-refractivity contribution is 5.31. The number of ether oxygens (including phenoxy) is 1. The van der Waals surface area contributed by atoms with Gasteiger partial charge in [-0.1, -0.05) is 31.4 Å². The molecular weight excluding hydrogens is 272 g/mol. The number of rotatable bonds is 4. The number of hydrogen-bond acceptors (Lipinski definition) is 3. The first-order valence-electron chi connectivity index (χ1n) is 8.86. The van der Waals surface area contributed by atoms with Crippen molar-refractivity contribution in [1.29, 1.82) is 0 Å². The summed E-state index contributed by atoms with van der Waals surface area (Å²) < 4.78 is 5.38. The van der Waals surface area contributed by atoms with Gasteiger partial charge in [-0.2, -0.15) is 0 Å². The number of nitrogens with zero attached hydrogens (tertiary/aromatic N) is 1. The fourth-order valence-corrected chi connectivity index (χ4v) is 4.25. The zero-order chi connectivity index (χ0) is 15.4. The van der Waals surface area contributed by atoms with Crippen LogP contribution in [0.3, 0.4) is 0 Å². The van der Waals surface area contributed by atoms with E-state index in [1.54, 1.807) is 7.11 Å². The van der Waals surface area contributed by atoms with Gasteiger partial charge in [0.05, 0.1) is 7.11 Å². The molecule has 2 aliphatic rings. The molecule has 1 aromatic carbocycles. The maximum absolute atomic E-state index is 6.36. The third kappa shape index (κ3) is 4.02. The van der Waals surface area contributed by atoms with Crippen molar-refractivity contribution in [2.45, 2.75) is 50.5 Å². The second kappa shape index (κ2) is 7.47. The molecule has 122 valence electrons. The van der Waals surface area contributed by atoms with Crippen molar-refractivity contribution in [3.8, 4) is 5.75 Å². The van der Waals surface area contributed by atoms with Gasteiger partial charge in [0.15, 0.2) is 0 Å². The molecule has 0 aromatic heterocycles. The summed E-state index contributed by atoms with van der Waals surface area (Å²) in [5, 5.41) is 0. The average molecular weight is 302 g/mol. The van der Waals surface area contributed by atoms with E-state index >= 15 is 0 Å². The van der Waals surface area contributed by atoms with E-state index in [9.17, 15) is 0 Å². The van der Waals surface area contributed by atoms with Crippen LogP contribution < -0.4 is 10.5 Å². The van der Waals surface area contributed by atoms with Crippen molar-refractivity contribution in [2.24, 2.45) is 11.7 Å². The Labute approximate surface area is 134 Å². The molecule has 0 bridgehead atoms. The van der Waals surface area contributed by atoms with Crippen LogP contribution in [0, 0.1) is 5.92 Å². The summed E-state index contributed by atoms with van der Waals surface area (Å²) in [5.41, 5.74) is 7.73. The van der Waals surface area contributed by atoms with Crippen molar-refractivity contribution in [3.63, 3.8) is 0 Å². The van der Waals surface area contributed by atoms with Crippen LogP contribution in [0.4, 0.5) is 0 Å². The lowest BCUT2D eigenvalue weighted by molar-refractivity contribution is 0.147. The van der Waals surface area contributed by atoms with Crippen molar-refractivity contribution in [3.05, 3.63) is 29.8 Å². The van der Waals surface area contributed by atoms with Gasteiger partial charge < -0.3 is 15.4 Å². The Kier molecular flexibility index (Phi) is 5.37. The molecule has 3 heteroatoms. The minimum atomic E-state index is 0.300. The summed E-state index contributed by atoms with van der Waals surface area (Å²) in [6.07, 6.45) is 8.19. The molecule has 1 saturated carbocycles. The van der Waals surface area contributed by atoms with E-state index in [-0.39, 0.29) is 0 Å². The monoisotopic (exact) mass is 302 g/mol. The Bertz CT molecular complexity index is 470. The van der Waals surface area contributed by atoms with Crippen LogP contribution in [-0.4, -0.2) is 37.7 Å². The van der Waals surface area contributed by atoms with Gasteiger partial charge in [0.1, 0.15) is 5.75 Å². The van der Waals surface area contributed by atoms with Crippen LogP contribution in [0.5, 0.6) is 5.75 Å². The summed E-state index contributed by atoms with van der Waals surface area (Å²) >= 11 is 0. The smallest absolute Gasteiger partial charge is 0.119 e. The van der Waals surface area contributed by atoms with Crippen molar-refractivity contribution < 1.29 is 4.74 Å². The average Bonchev–Trinajstić information content (AvgIpc) is 2.55. The van der Waals surface area contributed by atoms with E-state index in [4.69, 9.17) is 10.5 Å². The number of hydrogen-bond donors (Lipinski definition) is 1. The summed E-state index contributed by atoms with van der Waals surface area (Å²) in [5.74, 6) is 2.39. The highest BCUT2D eigenvalue weighted by Gasteiger charge is 2.28. The fourth-order valence-electron chi connectivity index (χ4n) is 4.25. The molecule has 22 heavy (non-hydrogen) atoms. The van der Waals surface area contributed by atoms with E-state index in [0.29, 0.717) is 12.0 Å². The first-order valence-corrected chi connectivity index (χ1v) is 8.86. The quantitative estimate of drug-likeness (QED) is 0.926. The maximum Gasteiger partial charge on any atom is 0.119 e. The number of benzene rings is 1. The predicted octanol–water partition coefficient (Wildman–Crippen LogP) is 3.39. The maximum atomic E-state index is 6.36. The largest absolute Gasteiger partial charge is 0.497 e. The molecule has 2 atom stereocenters. The van der Waals surface area contributed by atoms with Gasteiger partial charge in [0.2, 0.25) is 0 Å². The summed E-state index contributed by atoms with van der Waals surface area (Å²) in [6, 6.07) is 8.82. The first kappa shape index (κ1) is 15.8. The zero-order valence-corrected chi connectivity index (χ0v) is 13.8. The van der Waals surface area contributed by atoms with E-state index in [2.05, 4.69) is 23.1 Å². The normalized spacial score (nSPS) is 27.7. The SMILES string of the molecule is COc1cccc(C2CC(N)CN(CC3CCCCC3)C2)c1. The molecule has 2 N–H and O–H groups in total. The standard InChI is InChI=1S/C19H30N2O/c1-22-19-9-5-8-16(11-19)17-10-18(20)14-21(13-17)12-15-6-3-2-4-7-15/h5,8-9,11,15,17-18H,2-4,6-7,10,12-14,20H2,1H3. The van der Waals surface area contributed by atoms with Gasteiger partial charge >= 0.3 is 0 Å². The predicted molar refractivity (Wildman–Crippen MR) is 91.3 cm³/mol. The van der Waals surface area contributed by atoms with E-state index in [1.165, 1.54) is 44.2 Å². The van der Waals surface area contributed by atoms with Crippen LogP contribution in [0.25, 0.3) is 0 Å². The van der Waals surface area contributed by atoms with Crippen LogP contribution in [0.2, 0.25) is 0 Å². The Morgan fingerprint density at radius 3 is 2.77 bits per heavy atom. The molecule has 0 spiro atoms. The molecule has 1 saturated heterocycles. The minimum Gasteiger partial charge on any atom is -0.497 e. The molecule has 1 aliphatic carbocycles. The van der Waals surface area contributed by atoms with E-state index in [1.807, 2.05) is 6.07 Å². The molecule has 1 aliphatic heterocycles. The first-order chi connectivity index (χ1) is 10.7. The van der Waals surface area contributed by atoms with Gasteiger partial charge in [-0.05, 0) is 48.8 Å². The summed E-state index contributed by atoms with van der Waals surface area (Å²) in [7, 11) is 1.74. The topological polar surface area (TPSA) is 38.5 Å². The third-order valence-corrected chi connectivity index (χ3v) is 5.36. The number of nitrogens with two attached hydrogens (primary N) is 1.